The zero-order chi connectivity index (χ0) is 22.1. The van der Waals surface area contributed by atoms with Gasteiger partial charge in [0.1, 0.15) is 11.4 Å². The Kier molecular flexibility index (Phi) is 5.53. The highest BCUT2D eigenvalue weighted by atomic mass is 35.5. The Morgan fingerprint density at radius 2 is 1.65 bits per heavy atom. The van der Waals surface area contributed by atoms with Crippen molar-refractivity contribution in [2.24, 2.45) is 0 Å². The molecule has 4 rings (SSSR count). The molecule has 3 aromatic rings. The quantitative estimate of drug-likeness (QED) is 0.551. The first-order chi connectivity index (χ1) is 14.9. The van der Waals surface area contributed by atoms with Crippen molar-refractivity contribution in [2.45, 2.75) is 13.8 Å². The monoisotopic (exact) mass is 432 g/mol. The Morgan fingerprint density at radius 1 is 0.903 bits per heavy atom. The number of nitrogens with one attached hydrogen (secondary N) is 1. The van der Waals surface area contributed by atoms with Gasteiger partial charge in [-0.1, -0.05) is 47.5 Å². The van der Waals surface area contributed by atoms with Crippen LogP contribution in [0.25, 0.3) is 5.57 Å². The first-order valence-electron chi connectivity index (χ1n) is 9.76. The van der Waals surface area contributed by atoms with Crippen LogP contribution in [-0.2, 0) is 9.59 Å². The molecule has 1 aliphatic rings. The molecule has 0 spiro atoms. The van der Waals surface area contributed by atoms with E-state index in [1.54, 1.807) is 43.5 Å². The van der Waals surface area contributed by atoms with Crippen molar-refractivity contribution in [2.75, 3.05) is 17.3 Å². The van der Waals surface area contributed by atoms with Crippen LogP contribution in [0.2, 0.25) is 5.02 Å². The maximum absolute atomic E-state index is 13.5. The van der Waals surface area contributed by atoms with Crippen molar-refractivity contribution in [3.05, 3.63) is 94.1 Å². The minimum Gasteiger partial charge on any atom is -0.497 e. The molecule has 156 valence electrons. The van der Waals surface area contributed by atoms with Crippen molar-refractivity contribution in [1.29, 1.82) is 0 Å². The van der Waals surface area contributed by atoms with E-state index in [4.69, 9.17) is 16.3 Å². The minimum absolute atomic E-state index is 0.209. The molecule has 1 aliphatic heterocycles. The van der Waals surface area contributed by atoms with Crippen LogP contribution in [0, 0.1) is 13.8 Å². The first kappa shape index (κ1) is 20.7. The van der Waals surface area contributed by atoms with Crippen LogP contribution in [0.15, 0.2) is 72.4 Å². The SMILES string of the molecule is COc1cccc(NC2=C(c3ccc(Cl)cc3)C(=O)N(c3ccc(C)cc3C)C2=O)c1. The lowest BCUT2D eigenvalue weighted by molar-refractivity contribution is -0.120. The third kappa shape index (κ3) is 3.92. The lowest BCUT2D eigenvalue weighted by Crippen LogP contribution is -2.33. The van der Waals surface area contributed by atoms with E-state index >= 15 is 0 Å². The molecular weight excluding hydrogens is 412 g/mol. The highest BCUT2D eigenvalue weighted by Crippen LogP contribution is 2.36. The van der Waals surface area contributed by atoms with E-state index in [0.717, 1.165) is 11.1 Å². The molecule has 6 heteroatoms. The number of anilines is 2. The van der Waals surface area contributed by atoms with Crippen molar-refractivity contribution < 1.29 is 14.3 Å². The number of nitrogens with zero attached hydrogens (tertiary/aromatic N) is 1. The van der Waals surface area contributed by atoms with Gasteiger partial charge in [-0.3, -0.25) is 9.59 Å². The van der Waals surface area contributed by atoms with E-state index in [1.165, 1.54) is 4.90 Å². The van der Waals surface area contributed by atoms with E-state index in [2.05, 4.69) is 5.32 Å². The van der Waals surface area contributed by atoms with Crippen molar-refractivity contribution in [3.8, 4) is 5.75 Å². The van der Waals surface area contributed by atoms with Gasteiger partial charge in [-0.2, -0.15) is 0 Å². The molecular formula is C25H21ClN2O3. The molecule has 1 N–H and O–H groups in total. The van der Waals surface area contributed by atoms with Crippen LogP contribution >= 0.6 is 11.6 Å². The molecule has 0 saturated heterocycles. The zero-order valence-corrected chi connectivity index (χ0v) is 18.2. The molecule has 0 aromatic heterocycles. The number of amides is 2. The first-order valence-corrected chi connectivity index (χ1v) is 10.1. The second-order valence-electron chi connectivity index (χ2n) is 7.35. The number of imide groups is 1. The molecule has 0 unspecified atom stereocenters. The fourth-order valence-corrected chi connectivity index (χ4v) is 3.78. The number of rotatable bonds is 5. The van der Waals surface area contributed by atoms with Crippen molar-refractivity contribution in [3.63, 3.8) is 0 Å². The van der Waals surface area contributed by atoms with Gasteiger partial charge < -0.3 is 10.1 Å². The van der Waals surface area contributed by atoms with Gasteiger partial charge >= 0.3 is 0 Å². The average Bonchev–Trinajstić information content (AvgIpc) is 2.99. The average molecular weight is 433 g/mol. The highest BCUT2D eigenvalue weighted by Gasteiger charge is 2.40. The zero-order valence-electron chi connectivity index (χ0n) is 17.4. The maximum Gasteiger partial charge on any atom is 0.282 e. The lowest BCUT2D eigenvalue weighted by Gasteiger charge is -2.18. The third-order valence-corrected chi connectivity index (χ3v) is 5.40. The Bertz CT molecular complexity index is 1220. The topological polar surface area (TPSA) is 58.6 Å². The number of hydrogen-bond donors (Lipinski definition) is 1. The summed E-state index contributed by atoms with van der Waals surface area (Å²) in [4.78, 5) is 28.2. The fraction of sp³-hybridized carbons (Fsp3) is 0.120. The summed E-state index contributed by atoms with van der Waals surface area (Å²) < 4.78 is 5.28. The number of ether oxygens (including phenoxy) is 1. The van der Waals surface area contributed by atoms with Crippen LogP contribution in [0.4, 0.5) is 11.4 Å². The number of carbonyl (C=O) groups excluding carboxylic acids is 2. The number of carbonyl (C=O) groups is 2. The van der Waals surface area contributed by atoms with Crippen LogP contribution in [0.1, 0.15) is 16.7 Å². The van der Waals surface area contributed by atoms with Crippen LogP contribution < -0.4 is 15.0 Å². The Balaban J connectivity index is 1.83. The fourth-order valence-electron chi connectivity index (χ4n) is 3.65. The number of hydrogen-bond acceptors (Lipinski definition) is 4. The molecule has 2 amide bonds. The van der Waals surface area contributed by atoms with Crippen molar-refractivity contribution >= 4 is 40.4 Å². The van der Waals surface area contributed by atoms with Crippen molar-refractivity contribution in [1.82, 2.24) is 0 Å². The molecule has 3 aromatic carbocycles. The second kappa shape index (κ2) is 8.28. The summed E-state index contributed by atoms with van der Waals surface area (Å²) in [5.41, 5.74) is 4.23. The third-order valence-electron chi connectivity index (χ3n) is 5.15. The molecule has 0 aliphatic carbocycles. The number of benzene rings is 3. The summed E-state index contributed by atoms with van der Waals surface area (Å²) >= 11 is 6.04. The summed E-state index contributed by atoms with van der Waals surface area (Å²) in [6.45, 7) is 3.86. The van der Waals surface area contributed by atoms with Crippen LogP contribution in [0.5, 0.6) is 5.75 Å². The number of methoxy groups -OCH3 is 1. The van der Waals surface area contributed by atoms with E-state index in [9.17, 15) is 9.59 Å². The molecule has 0 bridgehead atoms. The predicted molar refractivity (Wildman–Crippen MR) is 123 cm³/mol. The van der Waals surface area contributed by atoms with Gasteiger partial charge in [0.25, 0.3) is 11.8 Å². The predicted octanol–water partition coefficient (Wildman–Crippen LogP) is 5.36. The second-order valence-corrected chi connectivity index (χ2v) is 7.79. The molecule has 0 fully saturated rings. The lowest BCUT2D eigenvalue weighted by atomic mass is 10.0. The summed E-state index contributed by atoms with van der Waals surface area (Å²) in [5.74, 6) is -0.156. The molecule has 31 heavy (non-hydrogen) atoms. The maximum atomic E-state index is 13.5. The van der Waals surface area contributed by atoms with Gasteiger partial charge in [0.05, 0.1) is 18.4 Å². The van der Waals surface area contributed by atoms with Gasteiger partial charge in [0.15, 0.2) is 0 Å². The molecule has 1 heterocycles. The molecule has 0 radical (unpaired) electrons. The Morgan fingerprint density at radius 3 is 2.32 bits per heavy atom. The van der Waals surface area contributed by atoms with Gasteiger partial charge in [0, 0.05) is 16.8 Å². The molecule has 0 saturated carbocycles. The van der Waals surface area contributed by atoms with E-state index in [-0.39, 0.29) is 11.6 Å². The standard InChI is InChI=1S/C25H21ClN2O3/c1-15-7-12-21(16(2)13-15)28-24(29)22(17-8-10-18(26)11-9-17)23(25(28)30)27-19-5-4-6-20(14-19)31-3/h4-14,27H,1-3H3. The van der Waals surface area contributed by atoms with Crippen LogP contribution in [0.3, 0.4) is 0 Å². The van der Waals surface area contributed by atoms with Gasteiger partial charge in [-0.05, 0) is 55.3 Å². The molecule has 0 atom stereocenters. The Labute approximate surface area is 185 Å². The van der Waals surface area contributed by atoms with E-state index in [1.807, 2.05) is 44.2 Å². The summed E-state index contributed by atoms with van der Waals surface area (Å²) in [5, 5.41) is 3.69. The smallest absolute Gasteiger partial charge is 0.282 e. The van der Waals surface area contributed by atoms with E-state index in [0.29, 0.717) is 33.3 Å². The normalized spacial score (nSPS) is 13.7. The number of aryl methyl sites for hydroxylation is 2. The summed E-state index contributed by atoms with van der Waals surface area (Å²) in [7, 11) is 1.57. The summed E-state index contributed by atoms with van der Waals surface area (Å²) in [6.07, 6.45) is 0. The molecule has 5 nitrogen and oxygen atoms in total. The highest BCUT2D eigenvalue weighted by molar-refractivity contribution is 6.46. The minimum atomic E-state index is -0.412. The van der Waals surface area contributed by atoms with Gasteiger partial charge in [-0.15, -0.1) is 0 Å². The van der Waals surface area contributed by atoms with Gasteiger partial charge in [0.2, 0.25) is 0 Å². The van der Waals surface area contributed by atoms with E-state index < -0.39 is 5.91 Å². The Hall–Kier alpha value is -3.57. The largest absolute Gasteiger partial charge is 0.497 e. The number of halogens is 1. The van der Waals surface area contributed by atoms with Gasteiger partial charge in [-0.25, -0.2) is 4.90 Å². The summed E-state index contributed by atoms with van der Waals surface area (Å²) in [6, 6.07) is 19.7. The van der Waals surface area contributed by atoms with Crippen LogP contribution in [-0.4, -0.2) is 18.9 Å².